The average Bonchev–Trinajstić information content (AvgIpc) is 3.17. The molecule has 8 heteroatoms. The lowest BCUT2D eigenvalue weighted by molar-refractivity contribution is 0.350. The van der Waals surface area contributed by atoms with E-state index in [2.05, 4.69) is 26.9 Å². The molecule has 0 radical (unpaired) electrons. The highest BCUT2D eigenvalue weighted by Crippen LogP contribution is 2.27. The number of nitrogens with zero attached hydrogens (tertiary/aromatic N) is 4. The number of para-hydroxylation sites is 1. The van der Waals surface area contributed by atoms with Crippen LogP contribution < -0.4 is 11.2 Å². The molecule has 0 spiro atoms. The Morgan fingerprint density at radius 2 is 1.84 bits per heavy atom. The second-order valence-electron chi connectivity index (χ2n) is 7.02. The van der Waals surface area contributed by atoms with E-state index >= 15 is 0 Å². The first-order chi connectivity index (χ1) is 15.7. The van der Waals surface area contributed by atoms with Gasteiger partial charge in [0.25, 0.3) is 0 Å². The molecule has 5 aromatic rings. The lowest BCUT2D eigenvalue weighted by atomic mass is 10.0. The summed E-state index contributed by atoms with van der Waals surface area (Å²) in [7, 11) is 0. The fraction of sp³-hybridized carbons (Fsp3) is 0.0833. The number of nitrogen functional groups attached to an aromatic ring is 1. The summed E-state index contributed by atoms with van der Waals surface area (Å²) in [6, 6.07) is 16.5. The van der Waals surface area contributed by atoms with Gasteiger partial charge in [0.2, 0.25) is 5.43 Å². The predicted molar refractivity (Wildman–Crippen MR) is 121 cm³/mol. The van der Waals surface area contributed by atoms with Crippen LogP contribution in [0.3, 0.4) is 0 Å². The van der Waals surface area contributed by atoms with Gasteiger partial charge in [0.1, 0.15) is 42.3 Å². The van der Waals surface area contributed by atoms with Crippen molar-refractivity contribution in [3.8, 4) is 23.0 Å². The first-order valence-corrected chi connectivity index (χ1v) is 9.84. The highest BCUT2D eigenvalue weighted by molar-refractivity contribution is 5.90. The molecule has 0 unspecified atom stereocenters. The van der Waals surface area contributed by atoms with Gasteiger partial charge in [-0.25, -0.2) is 14.6 Å². The molecule has 32 heavy (non-hydrogen) atoms. The van der Waals surface area contributed by atoms with Crippen LogP contribution in [0.2, 0.25) is 0 Å². The number of hydrogen-bond acceptors (Lipinski definition) is 7. The fourth-order valence-electron chi connectivity index (χ4n) is 3.68. The topological polar surface area (TPSA) is 120 Å². The number of fused-ring (bicyclic) bond motifs is 2. The van der Waals surface area contributed by atoms with Gasteiger partial charge in [-0.15, -0.1) is 0 Å². The maximum Gasteiger partial charge on any atom is 0.200 e. The van der Waals surface area contributed by atoms with E-state index in [1.807, 2.05) is 36.4 Å². The maximum absolute atomic E-state index is 13.4. The monoisotopic (exact) mass is 423 g/mol. The van der Waals surface area contributed by atoms with Crippen LogP contribution in [-0.4, -0.2) is 31.5 Å². The van der Waals surface area contributed by atoms with E-state index in [1.54, 1.807) is 22.9 Å². The molecule has 0 saturated heterocycles. The molecule has 0 bridgehead atoms. The lowest BCUT2D eigenvalue weighted by Gasteiger charge is -2.11. The lowest BCUT2D eigenvalue weighted by Crippen LogP contribution is -2.12. The maximum atomic E-state index is 13.4. The molecule has 8 nitrogen and oxygen atoms in total. The van der Waals surface area contributed by atoms with Gasteiger partial charge < -0.3 is 15.3 Å². The summed E-state index contributed by atoms with van der Waals surface area (Å²) >= 11 is 0. The minimum absolute atomic E-state index is 0.123. The molecule has 3 N–H and O–H groups in total. The summed E-state index contributed by atoms with van der Waals surface area (Å²) in [5.74, 6) is 6.03. The molecule has 0 atom stereocenters. The van der Waals surface area contributed by atoms with Gasteiger partial charge in [-0.3, -0.25) is 4.79 Å². The molecule has 3 aromatic heterocycles. The van der Waals surface area contributed by atoms with E-state index in [4.69, 9.17) is 15.3 Å². The molecule has 3 heterocycles. The number of benzene rings is 2. The smallest absolute Gasteiger partial charge is 0.200 e. The molecule has 0 fully saturated rings. The van der Waals surface area contributed by atoms with E-state index in [9.17, 15) is 4.79 Å². The molecular weight excluding hydrogens is 406 g/mol. The second-order valence-corrected chi connectivity index (χ2v) is 7.02. The number of hydrogen-bond donors (Lipinski definition) is 2. The molecule has 0 saturated carbocycles. The largest absolute Gasteiger partial charge is 0.458 e. The van der Waals surface area contributed by atoms with E-state index in [0.717, 1.165) is 5.56 Å². The fourth-order valence-corrected chi connectivity index (χ4v) is 3.68. The van der Waals surface area contributed by atoms with Crippen molar-refractivity contribution in [2.45, 2.75) is 6.54 Å². The molecule has 0 aliphatic heterocycles. The molecule has 0 aliphatic carbocycles. The Kier molecular flexibility index (Phi) is 4.86. The molecule has 0 aliphatic rings. The average molecular weight is 423 g/mol. The highest BCUT2D eigenvalue weighted by Gasteiger charge is 2.20. The predicted octanol–water partition coefficient (Wildman–Crippen LogP) is 2.57. The minimum Gasteiger partial charge on any atom is -0.458 e. The number of rotatable bonds is 3. The normalized spacial score (nSPS) is 10.9. The van der Waals surface area contributed by atoms with Crippen LogP contribution in [0.1, 0.15) is 11.5 Å². The summed E-state index contributed by atoms with van der Waals surface area (Å²) in [6.07, 6.45) is 1.34. The van der Waals surface area contributed by atoms with Crippen molar-refractivity contribution in [3.63, 3.8) is 0 Å². The zero-order chi connectivity index (χ0) is 22.1. The van der Waals surface area contributed by atoms with Crippen molar-refractivity contribution < 1.29 is 9.52 Å². The van der Waals surface area contributed by atoms with E-state index in [-0.39, 0.29) is 24.4 Å². The van der Waals surface area contributed by atoms with Crippen LogP contribution in [0.5, 0.6) is 0 Å². The zero-order valence-corrected chi connectivity index (χ0v) is 16.8. The number of aliphatic hydroxyl groups is 1. The van der Waals surface area contributed by atoms with Crippen LogP contribution >= 0.6 is 0 Å². The third-order valence-electron chi connectivity index (χ3n) is 5.07. The number of nitrogens with two attached hydrogens (primary N) is 1. The van der Waals surface area contributed by atoms with Crippen molar-refractivity contribution in [3.05, 3.63) is 82.6 Å². The summed E-state index contributed by atoms with van der Waals surface area (Å²) < 4.78 is 7.77. The van der Waals surface area contributed by atoms with Gasteiger partial charge in [-0.05, 0) is 23.6 Å². The Morgan fingerprint density at radius 3 is 2.66 bits per heavy atom. The van der Waals surface area contributed by atoms with E-state index in [0.29, 0.717) is 39.0 Å². The molecule has 0 amide bonds. The molecule has 156 valence electrons. The van der Waals surface area contributed by atoms with Crippen molar-refractivity contribution in [2.75, 3.05) is 12.3 Å². The van der Waals surface area contributed by atoms with Gasteiger partial charge >= 0.3 is 0 Å². The molecule has 2 aromatic carbocycles. The van der Waals surface area contributed by atoms with Crippen LogP contribution in [0.4, 0.5) is 5.82 Å². The Labute approximate surface area is 182 Å². The van der Waals surface area contributed by atoms with Crippen LogP contribution in [0, 0.1) is 11.8 Å². The van der Waals surface area contributed by atoms with Crippen molar-refractivity contribution >= 4 is 27.8 Å². The van der Waals surface area contributed by atoms with Gasteiger partial charge in [0, 0.05) is 0 Å². The van der Waals surface area contributed by atoms with Crippen molar-refractivity contribution in [1.29, 1.82) is 0 Å². The van der Waals surface area contributed by atoms with Gasteiger partial charge in [0.05, 0.1) is 16.3 Å². The number of aromatic nitrogens is 4. The second kappa shape index (κ2) is 7.98. The quantitative estimate of drug-likeness (QED) is 0.428. The number of anilines is 1. The first-order valence-electron chi connectivity index (χ1n) is 9.84. The summed E-state index contributed by atoms with van der Waals surface area (Å²) in [5, 5.41) is 14.6. The van der Waals surface area contributed by atoms with E-state index < -0.39 is 0 Å². The zero-order valence-electron chi connectivity index (χ0n) is 16.8. The van der Waals surface area contributed by atoms with Crippen molar-refractivity contribution in [1.82, 2.24) is 19.7 Å². The third-order valence-corrected chi connectivity index (χ3v) is 5.07. The molecular formula is C24H17N5O3. The van der Waals surface area contributed by atoms with Crippen LogP contribution in [-0.2, 0) is 6.54 Å². The van der Waals surface area contributed by atoms with Crippen LogP contribution in [0.25, 0.3) is 33.1 Å². The van der Waals surface area contributed by atoms with Gasteiger partial charge in [0.15, 0.2) is 5.65 Å². The van der Waals surface area contributed by atoms with Crippen molar-refractivity contribution in [2.24, 2.45) is 0 Å². The highest BCUT2D eigenvalue weighted by atomic mass is 16.3. The molecule has 5 rings (SSSR count). The summed E-state index contributed by atoms with van der Waals surface area (Å²) in [4.78, 5) is 21.8. The van der Waals surface area contributed by atoms with Gasteiger partial charge in [-0.1, -0.05) is 48.4 Å². The standard InChI is InChI=1S/C24H17N5O3/c25-23-21-17(10-6-12-30)28-29(24(21)27-14-26-23)13-19-20(15-7-2-1-3-8-15)22(31)16-9-4-5-11-18(16)32-19/h1-5,7-9,11,14,30H,12-13H2,(H2,25,26,27). The Bertz CT molecular complexity index is 1580. The van der Waals surface area contributed by atoms with E-state index in [1.165, 1.54) is 6.33 Å². The summed E-state index contributed by atoms with van der Waals surface area (Å²) in [6.45, 7) is -0.197. The first kappa shape index (κ1) is 19.5. The van der Waals surface area contributed by atoms with Crippen LogP contribution in [0.15, 0.2) is 70.1 Å². The summed E-state index contributed by atoms with van der Waals surface area (Å²) in [5.41, 5.74) is 8.40. The SMILES string of the molecule is Nc1ncnc2c1c(C#CCO)nn2Cc1oc2ccccc2c(=O)c1-c1ccccc1. The van der Waals surface area contributed by atoms with Gasteiger partial charge in [-0.2, -0.15) is 5.10 Å². The Balaban J connectivity index is 1.76. The Hall–Kier alpha value is -4.48. The Morgan fingerprint density at radius 1 is 1.06 bits per heavy atom. The number of aliphatic hydroxyl groups excluding tert-OH is 1. The minimum atomic E-state index is -0.320. The third kappa shape index (κ3) is 3.27.